The second-order valence-electron chi connectivity index (χ2n) is 8.22. The van der Waals surface area contributed by atoms with E-state index in [1.54, 1.807) is 0 Å². The van der Waals surface area contributed by atoms with E-state index in [2.05, 4.69) is 46.8 Å². The Labute approximate surface area is 122 Å². The molecule has 1 N–H and O–H groups in total. The molecular weight excluding hydrogens is 244 g/mol. The molecule has 0 radical (unpaired) electrons. The Hall–Kier alpha value is -0.820. The van der Waals surface area contributed by atoms with Gasteiger partial charge in [0.1, 0.15) is 0 Å². The summed E-state index contributed by atoms with van der Waals surface area (Å²) in [4.78, 5) is 0. The average Bonchev–Trinajstić information content (AvgIpc) is 3.12. The van der Waals surface area contributed by atoms with Gasteiger partial charge < -0.3 is 5.11 Å². The van der Waals surface area contributed by atoms with Crippen LogP contribution in [-0.2, 0) is 6.42 Å². The second kappa shape index (κ2) is 3.50. The first kappa shape index (κ1) is 12.9. The van der Waals surface area contributed by atoms with Crippen LogP contribution in [0.15, 0.2) is 12.1 Å². The van der Waals surface area contributed by atoms with Crippen molar-refractivity contribution in [3.8, 4) is 0 Å². The Morgan fingerprint density at radius 3 is 2.20 bits per heavy atom. The zero-order valence-electron chi connectivity index (χ0n) is 13.3. The number of hydrogen-bond acceptors (Lipinski definition) is 1. The Balaban J connectivity index is 1.61. The van der Waals surface area contributed by atoms with E-state index in [0.717, 1.165) is 18.3 Å². The molecule has 0 amide bonds. The topological polar surface area (TPSA) is 20.2 Å². The van der Waals surface area contributed by atoms with Gasteiger partial charge in [-0.25, -0.2) is 0 Å². The molecule has 1 heteroatoms. The highest BCUT2D eigenvalue weighted by molar-refractivity contribution is 5.41. The third-order valence-electron chi connectivity index (χ3n) is 7.05. The third-order valence-corrected chi connectivity index (χ3v) is 7.05. The maximum Gasteiger partial charge on any atom is 0.0687 e. The lowest BCUT2D eigenvalue weighted by Gasteiger charge is -2.45. The summed E-state index contributed by atoms with van der Waals surface area (Å²) in [7, 11) is 0. The fourth-order valence-corrected chi connectivity index (χ4v) is 5.83. The number of aliphatic hydroxyl groups is 1. The van der Waals surface area contributed by atoms with Crippen LogP contribution in [0.5, 0.6) is 0 Å². The zero-order valence-corrected chi connectivity index (χ0v) is 13.3. The summed E-state index contributed by atoms with van der Waals surface area (Å²) in [6.07, 6.45) is 2.29. The van der Waals surface area contributed by atoms with E-state index >= 15 is 0 Å². The first-order chi connectivity index (χ1) is 9.27. The highest BCUT2D eigenvalue weighted by atomic mass is 16.3. The van der Waals surface area contributed by atoms with E-state index in [9.17, 15) is 5.11 Å². The predicted octanol–water partition coefficient (Wildman–Crippen LogP) is 3.81. The van der Waals surface area contributed by atoms with Crippen LogP contribution in [0.4, 0.5) is 0 Å². The van der Waals surface area contributed by atoms with Crippen molar-refractivity contribution in [2.75, 3.05) is 0 Å². The molecule has 0 aromatic heterocycles. The molecule has 4 unspecified atom stereocenters. The van der Waals surface area contributed by atoms with Gasteiger partial charge in [0.2, 0.25) is 0 Å². The van der Waals surface area contributed by atoms with Gasteiger partial charge in [-0.1, -0.05) is 24.6 Å². The molecule has 20 heavy (non-hydrogen) atoms. The van der Waals surface area contributed by atoms with Crippen LogP contribution >= 0.6 is 0 Å². The molecule has 5 rings (SSSR count). The summed E-state index contributed by atoms with van der Waals surface area (Å²) in [5.74, 6) is 2.81. The van der Waals surface area contributed by atoms with Gasteiger partial charge in [-0.15, -0.1) is 0 Å². The summed E-state index contributed by atoms with van der Waals surface area (Å²) in [5, 5.41) is 11.0. The normalized spacial score (nSPS) is 47.9. The molecule has 2 bridgehead atoms. The van der Waals surface area contributed by atoms with Crippen LogP contribution in [0, 0.1) is 49.9 Å². The fraction of sp³-hybridized carbons (Fsp3) is 0.684. The van der Waals surface area contributed by atoms with Crippen LogP contribution in [0.25, 0.3) is 0 Å². The van der Waals surface area contributed by atoms with Crippen LogP contribution in [0.1, 0.15) is 42.5 Å². The van der Waals surface area contributed by atoms with Crippen molar-refractivity contribution >= 4 is 0 Å². The lowest BCUT2D eigenvalue weighted by atomic mass is 9.64. The SMILES string of the molecule is Cc1cc(C)c(C[C@@H]2CC3C4C(C34C)[C@]2(C)O)c(C)c1. The maximum atomic E-state index is 11.0. The summed E-state index contributed by atoms with van der Waals surface area (Å²) in [6.45, 7) is 11.1. The van der Waals surface area contributed by atoms with Crippen LogP contribution in [0.3, 0.4) is 0 Å². The first-order valence-corrected chi connectivity index (χ1v) is 8.07. The van der Waals surface area contributed by atoms with Gasteiger partial charge in [0.15, 0.2) is 0 Å². The van der Waals surface area contributed by atoms with E-state index < -0.39 is 5.60 Å². The van der Waals surface area contributed by atoms with Crippen LogP contribution in [0.2, 0.25) is 0 Å². The minimum absolute atomic E-state index is 0.446. The summed E-state index contributed by atoms with van der Waals surface area (Å²) in [5.41, 5.74) is 5.70. The lowest BCUT2D eigenvalue weighted by molar-refractivity contribution is -0.0901. The molecule has 6 atom stereocenters. The van der Waals surface area contributed by atoms with Gasteiger partial charge >= 0.3 is 0 Å². The molecule has 4 saturated carbocycles. The highest BCUT2D eigenvalue weighted by Gasteiger charge is 2.89. The molecule has 1 aromatic rings. The molecule has 0 heterocycles. The molecule has 4 fully saturated rings. The van der Waals surface area contributed by atoms with Crippen molar-refractivity contribution < 1.29 is 5.11 Å². The highest BCUT2D eigenvalue weighted by Crippen LogP contribution is 2.91. The molecule has 4 aliphatic carbocycles. The number of benzene rings is 1. The van der Waals surface area contributed by atoms with Gasteiger partial charge in [-0.05, 0) is 86.3 Å². The van der Waals surface area contributed by atoms with Crippen molar-refractivity contribution in [2.24, 2.45) is 29.1 Å². The third kappa shape index (κ3) is 1.38. The molecular formula is C19H26O. The Bertz CT molecular complexity index is 577. The first-order valence-electron chi connectivity index (χ1n) is 8.07. The van der Waals surface area contributed by atoms with Gasteiger partial charge in [0, 0.05) is 0 Å². The number of fused-ring (bicyclic) bond motifs is 2. The van der Waals surface area contributed by atoms with Crippen LogP contribution < -0.4 is 0 Å². The van der Waals surface area contributed by atoms with Gasteiger partial charge in [-0.3, -0.25) is 0 Å². The maximum absolute atomic E-state index is 11.0. The molecule has 108 valence electrons. The smallest absolute Gasteiger partial charge is 0.0687 e. The van der Waals surface area contributed by atoms with E-state index in [1.807, 2.05) is 0 Å². The van der Waals surface area contributed by atoms with Crippen molar-refractivity contribution in [1.82, 2.24) is 0 Å². The van der Waals surface area contributed by atoms with Crippen molar-refractivity contribution in [1.29, 1.82) is 0 Å². The van der Waals surface area contributed by atoms with Gasteiger partial charge in [0.25, 0.3) is 0 Å². The van der Waals surface area contributed by atoms with Crippen LogP contribution in [-0.4, -0.2) is 10.7 Å². The second-order valence-corrected chi connectivity index (χ2v) is 8.22. The monoisotopic (exact) mass is 270 g/mol. The Kier molecular flexibility index (Phi) is 2.25. The lowest BCUT2D eigenvalue weighted by Crippen LogP contribution is -2.48. The average molecular weight is 270 g/mol. The van der Waals surface area contributed by atoms with E-state index in [1.165, 1.54) is 28.7 Å². The Morgan fingerprint density at radius 1 is 1.15 bits per heavy atom. The molecule has 1 aromatic carbocycles. The largest absolute Gasteiger partial charge is 0.390 e. The van der Waals surface area contributed by atoms with Crippen molar-refractivity contribution in [2.45, 2.75) is 53.1 Å². The number of hydrogen-bond donors (Lipinski definition) is 1. The standard InChI is InChI=1S/C19H26O/c1-10-6-11(2)14(12(3)7-10)8-13-9-15-16-17(18(15,16)4)19(13,5)20/h6-7,13,15-17,20H,8-9H2,1-5H3/t13-,15?,16?,17?,18?,19-/m1/s1. The molecule has 0 saturated heterocycles. The number of rotatable bonds is 2. The van der Waals surface area contributed by atoms with Gasteiger partial charge in [0.05, 0.1) is 5.60 Å². The van der Waals surface area contributed by atoms with E-state index in [-0.39, 0.29) is 0 Å². The van der Waals surface area contributed by atoms with E-state index in [0.29, 0.717) is 17.3 Å². The quantitative estimate of drug-likeness (QED) is 0.866. The summed E-state index contributed by atoms with van der Waals surface area (Å²) >= 11 is 0. The van der Waals surface area contributed by atoms with Crippen molar-refractivity contribution in [3.63, 3.8) is 0 Å². The molecule has 0 aliphatic heterocycles. The van der Waals surface area contributed by atoms with Crippen molar-refractivity contribution in [3.05, 3.63) is 34.4 Å². The minimum Gasteiger partial charge on any atom is -0.390 e. The zero-order chi connectivity index (χ0) is 14.4. The molecule has 0 spiro atoms. The fourth-order valence-electron chi connectivity index (χ4n) is 5.83. The minimum atomic E-state index is -0.446. The Morgan fingerprint density at radius 2 is 1.70 bits per heavy atom. The van der Waals surface area contributed by atoms with E-state index in [4.69, 9.17) is 0 Å². The predicted molar refractivity (Wildman–Crippen MR) is 81.7 cm³/mol. The molecule has 1 nitrogen and oxygen atoms in total. The number of aryl methyl sites for hydroxylation is 3. The summed E-state index contributed by atoms with van der Waals surface area (Å²) in [6, 6.07) is 4.57. The molecule has 4 aliphatic rings. The van der Waals surface area contributed by atoms with Gasteiger partial charge in [-0.2, -0.15) is 0 Å². The summed E-state index contributed by atoms with van der Waals surface area (Å²) < 4.78 is 0.